The molecule has 0 heterocycles. The molecule has 0 aromatic heterocycles. The molecule has 1 N–H and O–H groups in total. The average molecular weight is 431 g/mol. The van der Waals surface area contributed by atoms with Crippen molar-refractivity contribution in [1.29, 1.82) is 0 Å². The zero-order chi connectivity index (χ0) is 22.6. The van der Waals surface area contributed by atoms with Crippen molar-refractivity contribution in [2.75, 3.05) is 0 Å². The molecule has 0 radical (unpaired) electrons. The Bertz CT molecular complexity index is 495. The van der Waals surface area contributed by atoms with Gasteiger partial charge >= 0.3 is 0 Å². The third-order valence-corrected chi connectivity index (χ3v) is 7.13. The molecule has 1 atom stereocenters. The van der Waals surface area contributed by atoms with Crippen molar-refractivity contribution in [3.8, 4) is 5.75 Å². The first-order valence-electron chi connectivity index (χ1n) is 14.0. The fraction of sp³-hybridized carbons (Fsp3) is 0.800. The van der Waals surface area contributed by atoms with E-state index in [1.165, 1.54) is 128 Å². The summed E-state index contributed by atoms with van der Waals surface area (Å²) in [6.45, 7) is 6.89. The van der Waals surface area contributed by atoms with E-state index < -0.39 is 0 Å². The van der Waals surface area contributed by atoms with Crippen LogP contribution < -0.4 is 0 Å². The van der Waals surface area contributed by atoms with Crippen molar-refractivity contribution in [1.82, 2.24) is 0 Å². The summed E-state index contributed by atoms with van der Waals surface area (Å²) in [5, 5.41) is 10.7. The standard InChI is InChI=1S/C30H54O/c1-4-7-10-13-16-19-24-28(29-25-20-21-26-30(29)31)27(22-17-14-11-8-5-2)23-18-15-12-9-6-3/h20-21,25-28,31H,4-19,22-24H2,1-3H3. The molecule has 1 aromatic rings. The maximum atomic E-state index is 10.7. The highest BCUT2D eigenvalue weighted by molar-refractivity contribution is 5.35. The maximum absolute atomic E-state index is 10.7. The van der Waals surface area contributed by atoms with Gasteiger partial charge in [-0.3, -0.25) is 0 Å². The van der Waals surface area contributed by atoms with Crippen molar-refractivity contribution < 1.29 is 5.11 Å². The lowest BCUT2D eigenvalue weighted by Gasteiger charge is -2.29. The van der Waals surface area contributed by atoms with Gasteiger partial charge in [0, 0.05) is 0 Å². The molecule has 0 spiro atoms. The molecule has 0 aliphatic heterocycles. The van der Waals surface area contributed by atoms with Gasteiger partial charge in [-0.2, -0.15) is 0 Å². The predicted molar refractivity (Wildman–Crippen MR) is 139 cm³/mol. The van der Waals surface area contributed by atoms with E-state index in [0.717, 1.165) is 5.92 Å². The molecule has 0 fully saturated rings. The summed E-state index contributed by atoms with van der Waals surface area (Å²) < 4.78 is 0. The Morgan fingerprint density at radius 2 is 0.968 bits per heavy atom. The molecule has 1 aromatic carbocycles. The second-order valence-electron chi connectivity index (χ2n) is 9.89. The topological polar surface area (TPSA) is 20.2 Å². The zero-order valence-corrected chi connectivity index (χ0v) is 21.3. The first-order valence-corrected chi connectivity index (χ1v) is 14.0. The van der Waals surface area contributed by atoms with Gasteiger partial charge in [-0.1, -0.05) is 142 Å². The minimum absolute atomic E-state index is 0.528. The first kappa shape index (κ1) is 28.1. The van der Waals surface area contributed by atoms with E-state index in [1.54, 1.807) is 0 Å². The Hall–Kier alpha value is -0.980. The Kier molecular flexibility index (Phi) is 17.8. The molecule has 31 heavy (non-hydrogen) atoms. The third kappa shape index (κ3) is 13.2. The van der Waals surface area contributed by atoms with Crippen LogP contribution in [0.2, 0.25) is 0 Å². The van der Waals surface area contributed by atoms with Crippen molar-refractivity contribution >= 4 is 0 Å². The van der Waals surface area contributed by atoms with Crippen molar-refractivity contribution in [3.05, 3.63) is 29.8 Å². The molecule has 1 nitrogen and oxygen atoms in total. The van der Waals surface area contributed by atoms with Crippen LogP contribution in [0.5, 0.6) is 5.75 Å². The lowest BCUT2D eigenvalue weighted by molar-refractivity contribution is 0.314. The number of hydrogen-bond acceptors (Lipinski definition) is 1. The second kappa shape index (κ2) is 19.7. The van der Waals surface area contributed by atoms with Crippen molar-refractivity contribution in [2.24, 2.45) is 5.92 Å². The Balaban J connectivity index is 2.76. The number of unbranched alkanes of at least 4 members (excludes halogenated alkanes) is 13. The third-order valence-electron chi connectivity index (χ3n) is 7.13. The summed E-state index contributed by atoms with van der Waals surface area (Å²) in [7, 11) is 0. The van der Waals surface area contributed by atoms with Gasteiger partial charge in [-0.05, 0) is 42.7 Å². The fourth-order valence-electron chi connectivity index (χ4n) is 5.16. The minimum atomic E-state index is 0.528. The summed E-state index contributed by atoms with van der Waals surface area (Å²) in [5.41, 5.74) is 1.23. The zero-order valence-electron chi connectivity index (χ0n) is 21.3. The Labute approximate surface area is 195 Å². The highest BCUT2D eigenvalue weighted by Gasteiger charge is 2.24. The smallest absolute Gasteiger partial charge is 0.119 e. The average Bonchev–Trinajstić information content (AvgIpc) is 2.78. The monoisotopic (exact) mass is 430 g/mol. The fourth-order valence-corrected chi connectivity index (χ4v) is 5.16. The summed E-state index contributed by atoms with van der Waals surface area (Å²) in [6, 6.07) is 8.22. The molecule has 0 aliphatic carbocycles. The summed E-state index contributed by atoms with van der Waals surface area (Å²) in [6.07, 6.45) is 25.7. The van der Waals surface area contributed by atoms with E-state index in [9.17, 15) is 5.11 Å². The summed E-state index contributed by atoms with van der Waals surface area (Å²) >= 11 is 0. The van der Waals surface area contributed by atoms with Gasteiger partial charge in [0.15, 0.2) is 0 Å². The number of rotatable bonds is 21. The molecule has 0 saturated heterocycles. The van der Waals surface area contributed by atoms with Crippen LogP contribution in [0, 0.1) is 5.92 Å². The Morgan fingerprint density at radius 1 is 0.548 bits per heavy atom. The van der Waals surface area contributed by atoms with E-state index in [1.807, 2.05) is 12.1 Å². The van der Waals surface area contributed by atoms with E-state index in [2.05, 4.69) is 32.9 Å². The number of benzene rings is 1. The van der Waals surface area contributed by atoms with Crippen LogP contribution in [0.25, 0.3) is 0 Å². The van der Waals surface area contributed by atoms with Crippen LogP contribution >= 0.6 is 0 Å². The molecule has 1 unspecified atom stereocenters. The van der Waals surface area contributed by atoms with E-state index in [0.29, 0.717) is 11.7 Å². The second-order valence-corrected chi connectivity index (χ2v) is 9.89. The number of phenolic OH excluding ortho intramolecular Hbond substituents is 1. The highest BCUT2D eigenvalue weighted by Crippen LogP contribution is 2.40. The Morgan fingerprint density at radius 3 is 1.45 bits per heavy atom. The number of hydrogen-bond donors (Lipinski definition) is 1. The van der Waals surface area contributed by atoms with Gasteiger partial charge in [0.25, 0.3) is 0 Å². The highest BCUT2D eigenvalue weighted by atomic mass is 16.3. The van der Waals surface area contributed by atoms with Gasteiger partial charge in [0.1, 0.15) is 5.75 Å². The molecular formula is C30H54O. The lowest BCUT2D eigenvalue weighted by Crippen LogP contribution is -2.14. The molecule has 180 valence electrons. The van der Waals surface area contributed by atoms with Gasteiger partial charge in [0.05, 0.1) is 0 Å². The van der Waals surface area contributed by atoms with Crippen LogP contribution in [-0.4, -0.2) is 5.11 Å². The molecule has 1 heteroatoms. The van der Waals surface area contributed by atoms with Crippen molar-refractivity contribution in [3.63, 3.8) is 0 Å². The largest absolute Gasteiger partial charge is 0.508 e. The van der Waals surface area contributed by atoms with E-state index in [-0.39, 0.29) is 0 Å². The number of aromatic hydroxyl groups is 1. The summed E-state index contributed by atoms with van der Waals surface area (Å²) in [5.74, 6) is 1.79. The number of para-hydroxylation sites is 1. The quantitative estimate of drug-likeness (QED) is 0.192. The molecule has 0 saturated carbocycles. The van der Waals surface area contributed by atoms with Crippen LogP contribution in [0.4, 0.5) is 0 Å². The molecule has 1 rings (SSSR count). The minimum Gasteiger partial charge on any atom is -0.508 e. The lowest BCUT2D eigenvalue weighted by atomic mass is 9.76. The number of phenols is 1. The van der Waals surface area contributed by atoms with Crippen LogP contribution in [0.15, 0.2) is 24.3 Å². The van der Waals surface area contributed by atoms with Crippen LogP contribution in [0.1, 0.15) is 154 Å². The van der Waals surface area contributed by atoms with Gasteiger partial charge < -0.3 is 5.11 Å². The molecular weight excluding hydrogens is 376 g/mol. The van der Waals surface area contributed by atoms with Crippen molar-refractivity contribution in [2.45, 2.75) is 149 Å². The van der Waals surface area contributed by atoms with Gasteiger partial charge in [0.2, 0.25) is 0 Å². The summed E-state index contributed by atoms with van der Waals surface area (Å²) in [4.78, 5) is 0. The van der Waals surface area contributed by atoms with Crippen LogP contribution in [0.3, 0.4) is 0 Å². The molecule has 0 amide bonds. The SMILES string of the molecule is CCCCCCCCC(c1ccccc1O)C(CCCCCCC)CCCCCCC. The van der Waals surface area contributed by atoms with Crippen LogP contribution in [-0.2, 0) is 0 Å². The molecule has 0 bridgehead atoms. The normalized spacial score (nSPS) is 12.5. The molecule has 0 aliphatic rings. The predicted octanol–water partition coefficient (Wildman–Crippen LogP) is 10.6. The van der Waals surface area contributed by atoms with Gasteiger partial charge in [-0.15, -0.1) is 0 Å². The van der Waals surface area contributed by atoms with E-state index in [4.69, 9.17) is 0 Å². The maximum Gasteiger partial charge on any atom is 0.119 e. The first-order chi connectivity index (χ1) is 15.2. The van der Waals surface area contributed by atoms with Gasteiger partial charge in [-0.25, -0.2) is 0 Å². The van der Waals surface area contributed by atoms with E-state index >= 15 is 0 Å².